The van der Waals surface area contributed by atoms with Gasteiger partial charge in [0.25, 0.3) is 5.91 Å². The summed E-state index contributed by atoms with van der Waals surface area (Å²) in [4.78, 5) is 23.2. The van der Waals surface area contributed by atoms with Gasteiger partial charge in [-0.05, 0) is 37.5 Å². The molecule has 2 atom stereocenters. The summed E-state index contributed by atoms with van der Waals surface area (Å²) in [6, 6.07) is 5.73. The molecule has 1 aromatic rings. The van der Waals surface area contributed by atoms with Gasteiger partial charge in [0, 0.05) is 11.6 Å². The van der Waals surface area contributed by atoms with Crippen molar-refractivity contribution < 1.29 is 23.1 Å². The number of sulfone groups is 1. The number of carbonyl (C=O) groups is 2. The average molecular weight is 325 g/mol. The third kappa shape index (κ3) is 3.65. The Morgan fingerprint density at radius 2 is 2.05 bits per heavy atom. The van der Waals surface area contributed by atoms with Gasteiger partial charge in [0.1, 0.15) is 0 Å². The van der Waals surface area contributed by atoms with E-state index in [0.29, 0.717) is 19.3 Å². The largest absolute Gasteiger partial charge is 0.481 e. The summed E-state index contributed by atoms with van der Waals surface area (Å²) in [6.45, 7) is 1.55. The maximum absolute atomic E-state index is 12.2. The molecule has 1 saturated carbocycles. The van der Waals surface area contributed by atoms with Crippen molar-refractivity contribution in [2.75, 3.05) is 5.75 Å². The molecule has 0 heterocycles. The van der Waals surface area contributed by atoms with Gasteiger partial charge in [-0.1, -0.05) is 13.0 Å². The molecule has 1 aromatic carbocycles. The molecule has 1 fully saturated rings. The van der Waals surface area contributed by atoms with Gasteiger partial charge in [-0.2, -0.15) is 0 Å². The number of rotatable bonds is 5. The normalized spacial score (nSPS) is 21.5. The molecule has 120 valence electrons. The highest BCUT2D eigenvalue weighted by atomic mass is 32.2. The Balaban J connectivity index is 2.08. The summed E-state index contributed by atoms with van der Waals surface area (Å²) < 4.78 is 23.7. The second-order valence-electron chi connectivity index (χ2n) is 5.45. The van der Waals surface area contributed by atoms with Gasteiger partial charge < -0.3 is 10.4 Å². The molecule has 1 aliphatic carbocycles. The fraction of sp³-hybridized carbons (Fsp3) is 0.467. The van der Waals surface area contributed by atoms with Crippen LogP contribution in [0.2, 0.25) is 0 Å². The molecule has 6 nitrogen and oxygen atoms in total. The van der Waals surface area contributed by atoms with Crippen LogP contribution in [0.4, 0.5) is 0 Å². The quantitative estimate of drug-likeness (QED) is 0.853. The van der Waals surface area contributed by atoms with Crippen molar-refractivity contribution in [2.45, 2.75) is 37.1 Å². The van der Waals surface area contributed by atoms with Crippen molar-refractivity contribution in [3.8, 4) is 0 Å². The molecular weight excluding hydrogens is 306 g/mol. The standard InChI is InChI=1S/C15H19NO5S/c1-2-22(20,21)13-5-3-4-10(9-13)14(17)16-12-7-6-11(8-12)15(18)19/h3-5,9,11-12H,2,6-8H2,1H3,(H,16,17)(H,18,19)/t11-,12+/m0/s1. The number of hydrogen-bond acceptors (Lipinski definition) is 4. The minimum atomic E-state index is -3.36. The Labute approximate surface area is 129 Å². The van der Waals surface area contributed by atoms with Crippen LogP contribution in [0.5, 0.6) is 0 Å². The lowest BCUT2D eigenvalue weighted by molar-refractivity contribution is -0.141. The molecule has 1 aliphatic rings. The fourth-order valence-corrected chi connectivity index (χ4v) is 3.53. The smallest absolute Gasteiger partial charge is 0.306 e. The van der Waals surface area contributed by atoms with Crippen molar-refractivity contribution >= 4 is 21.7 Å². The molecule has 2 N–H and O–H groups in total. The number of nitrogens with one attached hydrogen (secondary N) is 1. The molecule has 0 radical (unpaired) electrons. The third-order valence-electron chi connectivity index (χ3n) is 3.95. The number of hydrogen-bond donors (Lipinski definition) is 2. The van der Waals surface area contributed by atoms with Gasteiger partial charge in [0.15, 0.2) is 9.84 Å². The SMILES string of the molecule is CCS(=O)(=O)c1cccc(C(=O)N[C@@H]2CC[C@H](C(=O)O)C2)c1. The molecule has 0 saturated heterocycles. The first-order valence-electron chi connectivity index (χ1n) is 7.20. The topological polar surface area (TPSA) is 101 Å². The van der Waals surface area contributed by atoms with E-state index >= 15 is 0 Å². The maximum Gasteiger partial charge on any atom is 0.306 e. The van der Waals surface area contributed by atoms with Gasteiger partial charge in [-0.3, -0.25) is 9.59 Å². The first kappa shape index (κ1) is 16.5. The van der Waals surface area contributed by atoms with E-state index in [9.17, 15) is 18.0 Å². The molecule has 1 amide bonds. The van der Waals surface area contributed by atoms with Crippen LogP contribution in [0.25, 0.3) is 0 Å². The van der Waals surface area contributed by atoms with Crippen LogP contribution < -0.4 is 5.32 Å². The highest BCUT2D eigenvalue weighted by molar-refractivity contribution is 7.91. The predicted molar refractivity (Wildman–Crippen MR) is 80.4 cm³/mol. The van der Waals surface area contributed by atoms with Crippen molar-refractivity contribution in [2.24, 2.45) is 5.92 Å². The van der Waals surface area contributed by atoms with Crippen molar-refractivity contribution in [3.05, 3.63) is 29.8 Å². The molecule has 0 spiro atoms. The second kappa shape index (κ2) is 6.48. The van der Waals surface area contributed by atoms with Gasteiger partial charge in [-0.15, -0.1) is 0 Å². The van der Waals surface area contributed by atoms with Crippen LogP contribution in [0.1, 0.15) is 36.5 Å². The Hall–Kier alpha value is -1.89. The zero-order valence-corrected chi connectivity index (χ0v) is 13.1. The number of carboxylic acids is 1. The molecule has 0 aromatic heterocycles. The van der Waals surface area contributed by atoms with E-state index in [4.69, 9.17) is 5.11 Å². The Morgan fingerprint density at radius 3 is 2.64 bits per heavy atom. The van der Waals surface area contributed by atoms with E-state index in [1.54, 1.807) is 13.0 Å². The van der Waals surface area contributed by atoms with E-state index in [1.165, 1.54) is 18.2 Å². The fourth-order valence-electron chi connectivity index (χ4n) is 2.60. The summed E-state index contributed by atoms with van der Waals surface area (Å²) in [6.07, 6.45) is 1.58. The van der Waals surface area contributed by atoms with E-state index in [-0.39, 0.29) is 28.2 Å². The van der Waals surface area contributed by atoms with E-state index in [1.807, 2.05) is 0 Å². The molecule has 22 heavy (non-hydrogen) atoms. The van der Waals surface area contributed by atoms with Crippen molar-refractivity contribution in [1.82, 2.24) is 5.32 Å². The van der Waals surface area contributed by atoms with Gasteiger partial charge in [-0.25, -0.2) is 8.42 Å². The minimum absolute atomic E-state index is 0.0268. The van der Waals surface area contributed by atoms with E-state index < -0.39 is 21.7 Å². The maximum atomic E-state index is 12.2. The highest BCUT2D eigenvalue weighted by Gasteiger charge is 2.30. The van der Waals surface area contributed by atoms with Crippen LogP contribution in [0.3, 0.4) is 0 Å². The number of carbonyl (C=O) groups excluding carboxylic acids is 1. The van der Waals surface area contributed by atoms with E-state index in [2.05, 4.69) is 5.32 Å². The molecule has 2 rings (SSSR count). The summed E-state index contributed by atoms with van der Waals surface area (Å²) in [7, 11) is -3.36. The Morgan fingerprint density at radius 1 is 1.32 bits per heavy atom. The van der Waals surface area contributed by atoms with Crippen LogP contribution in [0.15, 0.2) is 29.2 Å². The third-order valence-corrected chi connectivity index (χ3v) is 5.68. The monoisotopic (exact) mass is 325 g/mol. The van der Waals surface area contributed by atoms with Crippen molar-refractivity contribution in [3.63, 3.8) is 0 Å². The summed E-state index contributed by atoms with van der Waals surface area (Å²) >= 11 is 0. The molecular formula is C15H19NO5S. The first-order valence-corrected chi connectivity index (χ1v) is 8.85. The summed E-state index contributed by atoms with van der Waals surface area (Å²) in [5.74, 6) is -1.66. The first-order chi connectivity index (χ1) is 10.3. The molecule has 0 bridgehead atoms. The van der Waals surface area contributed by atoms with Gasteiger partial charge in [0.05, 0.1) is 16.6 Å². The lowest BCUT2D eigenvalue weighted by Crippen LogP contribution is -2.33. The summed E-state index contributed by atoms with van der Waals surface area (Å²) in [5.41, 5.74) is 0.272. The lowest BCUT2D eigenvalue weighted by atomic mass is 10.1. The highest BCUT2D eigenvalue weighted by Crippen LogP contribution is 2.26. The predicted octanol–water partition coefficient (Wildman–Crippen LogP) is 1.46. The number of carboxylic acid groups (broad SMARTS) is 1. The molecule has 0 unspecified atom stereocenters. The molecule has 7 heteroatoms. The van der Waals surface area contributed by atoms with Crippen molar-refractivity contribution in [1.29, 1.82) is 0 Å². The van der Waals surface area contributed by atoms with E-state index in [0.717, 1.165) is 0 Å². The lowest BCUT2D eigenvalue weighted by Gasteiger charge is -2.13. The number of benzene rings is 1. The van der Waals surface area contributed by atoms with Gasteiger partial charge in [0.2, 0.25) is 0 Å². The number of amides is 1. The second-order valence-corrected chi connectivity index (χ2v) is 7.73. The van der Waals surface area contributed by atoms with Crippen LogP contribution in [-0.2, 0) is 14.6 Å². The average Bonchev–Trinajstić information content (AvgIpc) is 2.96. The Kier molecular flexibility index (Phi) is 4.85. The summed E-state index contributed by atoms with van der Waals surface area (Å²) in [5, 5.41) is 11.7. The zero-order valence-electron chi connectivity index (χ0n) is 12.3. The van der Waals surface area contributed by atoms with Crippen LogP contribution in [0, 0.1) is 5.92 Å². The minimum Gasteiger partial charge on any atom is -0.481 e. The van der Waals surface area contributed by atoms with Gasteiger partial charge >= 0.3 is 5.97 Å². The van der Waals surface area contributed by atoms with Crippen LogP contribution >= 0.6 is 0 Å². The number of aliphatic carboxylic acids is 1. The zero-order chi connectivity index (χ0) is 16.3. The van der Waals surface area contributed by atoms with Crippen LogP contribution in [-0.4, -0.2) is 37.2 Å². The molecule has 0 aliphatic heterocycles. The Bertz CT molecular complexity index is 683.